The number of hydrogen-bond donors (Lipinski definition) is 7. The van der Waals surface area contributed by atoms with E-state index in [1.165, 1.54) is 24.1 Å². The molecule has 0 saturated carbocycles. The Balaban J connectivity index is 1.33. The van der Waals surface area contributed by atoms with Crippen LogP contribution < -0.4 is 21.4 Å². The lowest BCUT2D eigenvalue weighted by molar-refractivity contribution is -0.179. The number of allylic oxidation sites excluding steroid dienone is 6. The fraction of sp³-hybridized carbons (Fsp3) is 0.633. The molecule has 16 heteroatoms. The number of nitrogens with zero attached hydrogens (tertiary/aromatic N) is 1. The fourth-order valence-corrected chi connectivity index (χ4v) is 10.9. The lowest BCUT2D eigenvalue weighted by Gasteiger charge is -2.51. The van der Waals surface area contributed by atoms with Gasteiger partial charge in [-0.2, -0.15) is 0 Å². The molecule has 1 aromatic rings. The van der Waals surface area contributed by atoms with Gasteiger partial charge in [0.05, 0.1) is 24.2 Å². The fourth-order valence-electron chi connectivity index (χ4n) is 10.9. The molecule has 7 N–H and O–H groups in total. The van der Waals surface area contributed by atoms with Crippen molar-refractivity contribution in [2.75, 3.05) is 6.54 Å². The van der Waals surface area contributed by atoms with E-state index in [-0.39, 0.29) is 73.0 Å². The van der Waals surface area contributed by atoms with Gasteiger partial charge in [-0.25, -0.2) is 5.43 Å². The van der Waals surface area contributed by atoms with Gasteiger partial charge < -0.3 is 45.5 Å². The number of phenolic OH excluding ortho intramolecular Hbond substituents is 1. The van der Waals surface area contributed by atoms with Crippen molar-refractivity contribution in [3.05, 3.63) is 89.6 Å². The number of benzene rings is 1. The highest BCUT2D eigenvalue weighted by atomic mass is 16.5. The largest absolute Gasteiger partial charge is 0.508 e. The summed E-state index contributed by atoms with van der Waals surface area (Å²) >= 11 is 0. The van der Waals surface area contributed by atoms with Gasteiger partial charge in [0.15, 0.2) is 5.72 Å². The Bertz CT molecular complexity index is 2330. The Labute approximate surface area is 451 Å². The third-order valence-electron chi connectivity index (χ3n) is 16.0. The molecule has 5 rings (SSSR count). The van der Waals surface area contributed by atoms with E-state index >= 15 is 0 Å². The zero-order valence-electron chi connectivity index (χ0n) is 46.8. The maximum absolute atomic E-state index is 14.5. The molecule has 4 aliphatic heterocycles. The topological polar surface area (TPSA) is 233 Å². The van der Waals surface area contributed by atoms with E-state index in [2.05, 4.69) is 41.3 Å². The van der Waals surface area contributed by atoms with Crippen molar-refractivity contribution in [2.45, 2.75) is 195 Å². The summed E-state index contributed by atoms with van der Waals surface area (Å²) in [7, 11) is 0. The van der Waals surface area contributed by atoms with Crippen LogP contribution in [0.5, 0.6) is 5.75 Å². The molecular formula is C60H89N5O11. The molecule has 420 valence electrons. The number of hydrogen-bond acceptors (Lipinski definition) is 12. The lowest BCUT2D eigenvalue weighted by atomic mass is 9.75. The number of carbonyl (C=O) groups excluding carboxylic acids is 6. The van der Waals surface area contributed by atoms with Crippen molar-refractivity contribution in [2.24, 2.45) is 41.4 Å². The number of ketones is 1. The lowest BCUT2D eigenvalue weighted by Crippen LogP contribution is -2.64. The molecule has 2 fully saturated rings. The van der Waals surface area contributed by atoms with Gasteiger partial charge in [-0.15, -0.1) is 0 Å². The second-order valence-corrected chi connectivity index (χ2v) is 22.6. The van der Waals surface area contributed by atoms with Crippen LogP contribution in [0.25, 0.3) is 0 Å². The minimum Gasteiger partial charge on any atom is -0.508 e. The standard InChI is InChI=1S/C60H89N5O11/c1-11-45-32-42(9)60(63-55(45)70)41(8)31-40(7)52(76-60)35-50(68)37(4)21-16-14-17-22-38(5)51-27-18-13-12-15-23-39(6)54(69)47(29-28-43(10)66)56(71)62-53(36(2)3)57(72)61-49(34-44-24-19-25-46(67)33-44)58(73)65-30-20-26-48(64-65)59(74)75-51/h12-15,17-19,22,24-25,31,33,36-37,39-40,42,45,47-54,64,67-69H,11,16,20-21,23,26-30,32,34-35H2,1-10H3,(H,61,72)(H,62,71)(H,63,70)/t37-,39-,40+,42-,45-,47+,48?,49-,50-,51-,52-,53-,54+,60-/m0/s1. The summed E-state index contributed by atoms with van der Waals surface area (Å²) in [5.41, 5.74) is 4.56. The number of fused-ring (bicyclic) bond motifs is 2. The number of hydrazine groups is 1. The number of carbonyl (C=O) groups is 6. The average molecular weight is 1060 g/mol. The second-order valence-electron chi connectivity index (χ2n) is 22.6. The van der Waals surface area contributed by atoms with Gasteiger partial charge >= 0.3 is 5.97 Å². The number of phenols is 1. The second kappa shape index (κ2) is 28.8. The van der Waals surface area contributed by atoms with Gasteiger partial charge in [-0.1, -0.05) is 109 Å². The monoisotopic (exact) mass is 1060 g/mol. The summed E-state index contributed by atoms with van der Waals surface area (Å²) in [5.74, 6) is -4.22. The van der Waals surface area contributed by atoms with Crippen LogP contribution in [0.1, 0.15) is 145 Å². The average Bonchev–Trinajstić information content (AvgIpc) is 3.37. The zero-order valence-corrected chi connectivity index (χ0v) is 46.8. The minimum atomic E-state index is -1.19. The van der Waals surface area contributed by atoms with Crippen molar-refractivity contribution in [3.63, 3.8) is 0 Å². The number of aliphatic hydroxyl groups excluding tert-OH is 2. The molecule has 16 nitrogen and oxygen atoms in total. The number of aliphatic hydroxyl groups is 2. The highest BCUT2D eigenvalue weighted by molar-refractivity contribution is 5.93. The number of cyclic esters (lactones) is 1. The predicted octanol–water partition coefficient (Wildman–Crippen LogP) is 7.39. The van der Waals surface area contributed by atoms with E-state index in [0.29, 0.717) is 50.5 Å². The molecule has 76 heavy (non-hydrogen) atoms. The Morgan fingerprint density at radius 3 is 2.39 bits per heavy atom. The van der Waals surface area contributed by atoms with E-state index in [9.17, 15) is 44.1 Å². The van der Waals surface area contributed by atoms with Crippen molar-refractivity contribution in [1.29, 1.82) is 0 Å². The van der Waals surface area contributed by atoms with Crippen LogP contribution in [0.15, 0.2) is 84.0 Å². The molecule has 0 radical (unpaired) electrons. The van der Waals surface area contributed by atoms with E-state index in [4.69, 9.17) is 9.47 Å². The number of ether oxygens (including phenoxy) is 2. The van der Waals surface area contributed by atoms with Crippen molar-refractivity contribution < 1.29 is 53.6 Å². The van der Waals surface area contributed by atoms with E-state index in [1.807, 2.05) is 77.2 Å². The number of Topliss-reactive ketones (excluding diaryl/α,β-unsaturated/α-hetero) is 1. The first-order valence-corrected chi connectivity index (χ1v) is 27.9. The minimum absolute atomic E-state index is 0.0169. The first kappa shape index (κ1) is 61.4. The Morgan fingerprint density at radius 1 is 0.987 bits per heavy atom. The highest BCUT2D eigenvalue weighted by Crippen LogP contribution is 2.43. The quantitative estimate of drug-likeness (QED) is 0.0518. The van der Waals surface area contributed by atoms with E-state index in [0.717, 1.165) is 24.0 Å². The molecular weight excluding hydrogens is 967 g/mol. The molecule has 1 unspecified atom stereocenters. The SMILES string of the molecule is CC[C@H]1C[C@H](C)[C@@]2(NC1=O)O[C@@H](C[C@H](O)[C@@H](C)CCC=CC=C(C)[C@@H]1CC=CC=CC[C@H](C)[C@@H](O)[C@@H](CCC(C)=O)C(=O)N[C@@H](C(C)C)C(=O)N[C@@H](Cc3cccc(O)c3)C(=O)N3CCCC(N3)C(=O)O1)[C@H](C)C=C2C. The first-order valence-electron chi connectivity index (χ1n) is 27.9. The molecule has 1 aromatic carbocycles. The smallest absolute Gasteiger partial charge is 0.325 e. The predicted molar refractivity (Wildman–Crippen MR) is 292 cm³/mol. The first-order chi connectivity index (χ1) is 36.0. The van der Waals surface area contributed by atoms with Crippen LogP contribution in [0.2, 0.25) is 0 Å². The van der Waals surface area contributed by atoms with Crippen LogP contribution in [0.3, 0.4) is 0 Å². The van der Waals surface area contributed by atoms with Gasteiger partial charge in [0.25, 0.3) is 5.91 Å². The summed E-state index contributed by atoms with van der Waals surface area (Å²) in [6, 6.07) is 3.16. The third-order valence-corrected chi connectivity index (χ3v) is 16.0. The van der Waals surface area contributed by atoms with Crippen LogP contribution in [-0.2, 0) is 44.7 Å². The number of amides is 4. The number of piperidine rings is 1. The highest BCUT2D eigenvalue weighted by Gasteiger charge is 2.51. The molecule has 4 heterocycles. The Morgan fingerprint density at radius 2 is 1.71 bits per heavy atom. The summed E-state index contributed by atoms with van der Waals surface area (Å²) < 4.78 is 13.0. The molecule has 0 aromatic heterocycles. The molecule has 4 aliphatic rings. The maximum Gasteiger partial charge on any atom is 0.325 e. The van der Waals surface area contributed by atoms with Crippen LogP contribution in [-0.4, -0.2) is 111 Å². The van der Waals surface area contributed by atoms with Gasteiger partial charge in [0.1, 0.15) is 35.8 Å². The summed E-state index contributed by atoms with van der Waals surface area (Å²) in [4.78, 5) is 82.0. The molecule has 2 saturated heterocycles. The van der Waals surface area contributed by atoms with Crippen molar-refractivity contribution in [3.8, 4) is 5.75 Å². The summed E-state index contributed by atoms with van der Waals surface area (Å²) in [5, 5.41) is 43.6. The number of aromatic hydroxyl groups is 1. The zero-order chi connectivity index (χ0) is 55.9. The summed E-state index contributed by atoms with van der Waals surface area (Å²) in [6.45, 7) is 19.2. The van der Waals surface area contributed by atoms with Crippen molar-refractivity contribution in [1.82, 2.24) is 26.4 Å². The van der Waals surface area contributed by atoms with Crippen molar-refractivity contribution >= 4 is 35.4 Å². The van der Waals surface area contributed by atoms with Gasteiger partial charge in [0, 0.05) is 50.0 Å². The molecule has 0 aliphatic carbocycles. The van der Waals surface area contributed by atoms with Crippen LogP contribution in [0.4, 0.5) is 0 Å². The molecule has 1 spiro atoms. The number of rotatable bonds is 15. The van der Waals surface area contributed by atoms with E-state index < -0.39 is 83.6 Å². The molecule has 4 amide bonds. The third kappa shape index (κ3) is 16.8. The number of esters is 1. The summed E-state index contributed by atoms with van der Waals surface area (Å²) in [6.07, 6.45) is 17.8. The molecule has 14 atom stereocenters. The van der Waals surface area contributed by atoms with E-state index in [1.54, 1.807) is 26.0 Å². The number of nitrogens with one attached hydrogen (secondary N) is 4. The maximum atomic E-state index is 14.5. The van der Waals surface area contributed by atoms with Gasteiger partial charge in [-0.3, -0.25) is 29.0 Å². The van der Waals surface area contributed by atoms with Crippen LogP contribution in [0, 0.1) is 41.4 Å². The van der Waals surface area contributed by atoms with Gasteiger partial charge in [-0.05, 0) is 119 Å². The normalized spacial score (nSPS) is 31.7. The Hall–Kier alpha value is -5.42. The Kier molecular flexibility index (Phi) is 23.3. The van der Waals surface area contributed by atoms with Gasteiger partial charge in [0.2, 0.25) is 17.7 Å². The van der Waals surface area contributed by atoms with Crippen LogP contribution >= 0.6 is 0 Å². The molecule has 2 bridgehead atoms.